The Morgan fingerprint density at radius 3 is 2.82 bits per heavy atom. The second kappa shape index (κ2) is 9.98. The number of pyridine rings is 1. The molecule has 0 bridgehead atoms. The van der Waals surface area contributed by atoms with Crippen molar-refractivity contribution in [2.24, 2.45) is 0 Å². The maximum absolute atomic E-state index is 12.9. The van der Waals surface area contributed by atoms with E-state index in [1.54, 1.807) is 29.2 Å². The first-order valence-electron chi connectivity index (χ1n) is 8.85. The van der Waals surface area contributed by atoms with Gasteiger partial charge in [0, 0.05) is 18.8 Å². The summed E-state index contributed by atoms with van der Waals surface area (Å²) in [7, 11) is 1.52. The van der Waals surface area contributed by atoms with Crippen molar-refractivity contribution >= 4 is 25.7 Å². The molecular weight excluding hydrogens is 380 g/mol. The number of methoxy groups -OCH3 is 1. The van der Waals surface area contributed by atoms with Gasteiger partial charge in [0.15, 0.2) is 6.29 Å². The smallest absolute Gasteiger partial charge is 0.255 e. The lowest BCUT2D eigenvalue weighted by atomic mass is 10.0. The van der Waals surface area contributed by atoms with Crippen molar-refractivity contribution in [3.63, 3.8) is 0 Å². The van der Waals surface area contributed by atoms with Crippen molar-refractivity contribution in [3.8, 4) is 17.4 Å². The fraction of sp³-hybridized carbons (Fsp3) is 0.350. The van der Waals surface area contributed by atoms with E-state index in [1.807, 2.05) is 0 Å². The third-order valence-corrected chi connectivity index (χ3v) is 4.67. The Bertz CT molecular complexity index is 813. The first-order chi connectivity index (χ1) is 13.1. The number of piperidine rings is 1. The number of aromatic hydroxyl groups is 1. The summed E-state index contributed by atoms with van der Waals surface area (Å²) in [6, 6.07) is 7.92. The van der Waals surface area contributed by atoms with Gasteiger partial charge >= 0.3 is 0 Å². The Labute approximate surface area is 170 Å². The molecule has 1 aromatic heterocycles. The van der Waals surface area contributed by atoms with Crippen LogP contribution in [0.2, 0.25) is 0 Å². The van der Waals surface area contributed by atoms with Crippen molar-refractivity contribution in [2.75, 3.05) is 20.3 Å². The van der Waals surface area contributed by atoms with Crippen molar-refractivity contribution in [1.29, 1.82) is 0 Å². The van der Waals surface area contributed by atoms with E-state index in [0.717, 1.165) is 19.3 Å². The average molecular weight is 404 g/mol. The maximum Gasteiger partial charge on any atom is 0.255 e. The second-order valence-electron chi connectivity index (χ2n) is 6.36. The monoisotopic (exact) mass is 404 g/mol. The van der Waals surface area contributed by atoms with Crippen LogP contribution in [0, 0.1) is 0 Å². The molecule has 28 heavy (non-hydrogen) atoms. The Kier molecular flexibility index (Phi) is 7.69. The number of phenols is 1. The number of amides is 1. The number of phenolic OH excluding ortho intramolecular Hbond substituents is 1. The Morgan fingerprint density at radius 1 is 1.32 bits per heavy atom. The second-order valence-corrected chi connectivity index (χ2v) is 6.36. The standard InChI is InChI=1S/C20H22N2O5.H2S/c1-26-19-9-8-14(11-21-19)20(25)22-10-3-2-5-15(22)13-27-18-7-4-6-17(24)16(18)12-23;/h4,6-9,11-12,15,24H,2-3,5,10,13H2,1H3;1H2/t15-;/m0./s1. The van der Waals surface area contributed by atoms with Crippen LogP contribution >= 0.6 is 13.5 Å². The molecule has 1 saturated heterocycles. The molecular formula is C20H24N2O5S. The van der Waals surface area contributed by atoms with Crippen LogP contribution in [0.25, 0.3) is 0 Å². The molecule has 0 saturated carbocycles. The van der Waals surface area contributed by atoms with E-state index in [2.05, 4.69) is 4.98 Å². The minimum absolute atomic E-state index is 0. The Morgan fingerprint density at radius 2 is 2.14 bits per heavy atom. The number of carbonyl (C=O) groups is 2. The lowest BCUT2D eigenvalue weighted by molar-refractivity contribution is 0.0526. The number of carbonyl (C=O) groups excluding carboxylic acids is 2. The number of likely N-dealkylation sites (tertiary alicyclic amines) is 1. The summed E-state index contributed by atoms with van der Waals surface area (Å²) in [5, 5.41) is 9.77. The molecule has 0 spiro atoms. The minimum atomic E-state index is -0.122. The topological polar surface area (TPSA) is 89.0 Å². The fourth-order valence-corrected chi connectivity index (χ4v) is 3.20. The molecule has 1 aromatic carbocycles. The Balaban J connectivity index is 0.00000280. The van der Waals surface area contributed by atoms with Crippen LogP contribution in [0.5, 0.6) is 17.4 Å². The number of benzene rings is 1. The molecule has 1 aliphatic heterocycles. The summed E-state index contributed by atoms with van der Waals surface area (Å²) in [6.07, 6.45) is 4.81. The van der Waals surface area contributed by atoms with Crippen LogP contribution in [-0.4, -0.2) is 53.5 Å². The lowest BCUT2D eigenvalue weighted by Crippen LogP contribution is -2.46. The molecule has 1 aliphatic rings. The molecule has 2 heterocycles. The van der Waals surface area contributed by atoms with Gasteiger partial charge in [-0.25, -0.2) is 4.98 Å². The van der Waals surface area contributed by atoms with Gasteiger partial charge in [-0.2, -0.15) is 13.5 Å². The van der Waals surface area contributed by atoms with Crippen LogP contribution in [0.15, 0.2) is 36.5 Å². The summed E-state index contributed by atoms with van der Waals surface area (Å²) in [6.45, 7) is 0.888. The third kappa shape index (κ3) is 4.75. The number of hydrogen-bond donors (Lipinski definition) is 1. The first kappa shape index (κ1) is 21.6. The van der Waals surface area contributed by atoms with E-state index in [0.29, 0.717) is 30.0 Å². The molecule has 7 nitrogen and oxygen atoms in total. The van der Waals surface area contributed by atoms with Crippen LogP contribution in [0.1, 0.15) is 40.0 Å². The normalized spacial score (nSPS) is 16.0. The molecule has 1 fully saturated rings. The highest BCUT2D eigenvalue weighted by Crippen LogP contribution is 2.27. The summed E-state index contributed by atoms with van der Waals surface area (Å²) >= 11 is 0. The number of aldehydes is 1. The maximum atomic E-state index is 12.9. The minimum Gasteiger partial charge on any atom is -0.507 e. The van der Waals surface area contributed by atoms with Gasteiger partial charge < -0.3 is 19.5 Å². The van der Waals surface area contributed by atoms with Gasteiger partial charge in [-0.3, -0.25) is 9.59 Å². The molecule has 1 atom stereocenters. The van der Waals surface area contributed by atoms with E-state index in [-0.39, 0.29) is 43.4 Å². The predicted octanol–water partition coefficient (Wildman–Crippen LogP) is 2.79. The number of rotatable bonds is 6. The largest absolute Gasteiger partial charge is 0.507 e. The van der Waals surface area contributed by atoms with Gasteiger partial charge in [0.25, 0.3) is 5.91 Å². The van der Waals surface area contributed by atoms with Gasteiger partial charge in [-0.1, -0.05) is 6.07 Å². The zero-order valence-electron chi connectivity index (χ0n) is 15.6. The summed E-state index contributed by atoms with van der Waals surface area (Å²) in [5.74, 6) is 0.540. The molecule has 3 rings (SSSR count). The third-order valence-electron chi connectivity index (χ3n) is 4.67. The quantitative estimate of drug-likeness (QED) is 0.745. The zero-order chi connectivity index (χ0) is 19.2. The molecule has 0 unspecified atom stereocenters. The van der Waals surface area contributed by atoms with Crippen molar-refractivity contribution in [2.45, 2.75) is 25.3 Å². The molecule has 8 heteroatoms. The van der Waals surface area contributed by atoms with Gasteiger partial charge in [0.05, 0.1) is 24.3 Å². The van der Waals surface area contributed by atoms with E-state index in [4.69, 9.17) is 9.47 Å². The average Bonchev–Trinajstić information content (AvgIpc) is 2.72. The molecule has 2 aromatic rings. The van der Waals surface area contributed by atoms with E-state index in [9.17, 15) is 14.7 Å². The molecule has 0 aliphatic carbocycles. The highest BCUT2D eigenvalue weighted by atomic mass is 32.1. The van der Waals surface area contributed by atoms with Crippen molar-refractivity contribution in [1.82, 2.24) is 9.88 Å². The summed E-state index contributed by atoms with van der Waals surface area (Å²) < 4.78 is 10.8. The van der Waals surface area contributed by atoms with Gasteiger partial charge in [0.2, 0.25) is 5.88 Å². The lowest BCUT2D eigenvalue weighted by Gasteiger charge is -2.35. The Hall–Kier alpha value is -2.74. The SMILES string of the molecule is COc1ccc(C(=O)N2CCCC[C@H]2COc2cccc(O)c2C=O)cn1.S. The van der Waals surface area contributed by atoms with Gasteiger partial charge in [0.1, 0.15) is 18.1 Å². The van der Waals surface area contributed by atoms with Crippen LogP contribution < -0.4 is 9.47 Å². The highest BCUT2D eigenvalue weighted by Gasteiger charge is 2.28. The van der Waals surface area contributed by atoms with E-state index >= 15 is 0 Å². The van der Waals surface area contributed by atoms with Crippen LogP contribution in [0.3, 0.4) is 0 Å². The van der Waals surface area contributed by atoms with Crippen LogP contribution in [0.4, 0.5) is 0 Å². The molecule has 1 N–H and O–H groups in total. The van der Waals surface area contributed by atoms with Crippen LogP contribution in [-0.2, 0) is 0 Å². The van der Waals surface area contributed by atoms with E-state index < -0.39 is 0 Å². The summed E-state index contributed by atoms with van der Waals surface area (Å²) in [4.78, 5) is 30.0. The molecule has 150 valence electrons. The number of nitrogens with zero attached hydrogens (tertiary/aromatic N) is 2. The molecule has 1 amide bonds. The summed E-state index contributed by atoms with van der Waals surface area (Å²) in [5.41, 5.74) is 0.610. The number of hydrogen-bond acceptors (Lipinski definition) is 6. The fourth-order valence-electron chi connectivity index (χ4n) is 3.20. The van der Waals surface area contributed by atoms with E-state index in [1.165, 1.54) is 19.4 Å². The highest BCUT2D eigenvalue weighted by molar-refractivity contribution is 7.59. The predicted molar refractivity (Wildman–Crippen MR) is 109 cm³/mol. The van der Waals surface area contributed by atoms with Gasteiger partial charge in [-0.15, -0.1) is 0 Å². The number of ether oxygens (including phenoxy) is 2. The van der Waals surface area contributed by atoms with Gasteiger partial charge in [-0.05, 0) is 37.5 Å². The van der Waals surface area contributed by atoms with Crippen molar-refractivity contribution in [3.05, 3.63) is 47.7 Å². The first-order valence-corrected chi connectivity index (χ1v) is 8.85. The zero-order valence-corrected chi connectivity index (χ0v) is 16.6. The number of aromatic nitrogens is 1. The molecule has 0 radical (unpaired) electrons. The van der Waals surface area contributed by atoms with Crippen molar-refractivity contribution < 1.29 is 24.2 Å².